The van der Waals surface area contributed by atoms with Gasteiger partial charge in [0.15, 0.2) is 0 Å². The Morgan fingerprint density at radius 2 is 1.33 bits per heavy atom. The molecule has 1 aromatic heterocycles. The molecular weight excluding hydrogens is 1350 g/mol. The number of thioether (sulfide) groups is 2. The number of methoxy groups -OCH3 is 1. The normalized spacial score (nSPS) is 23.1. The fraction of sp³-hybridized carbons (Fsp3) is 0.405. The van der Waals surface area contributed by atoms with Crippen LogP contribution in [-0.2, 0) is 72.3 Å². The monoisotopic (exact) mass is 1430 g/mol. The number of nitrogens with two attached hydrogens (primary N) is 1. The molecule has 0 radical (unpaired) electrons. The Balaban J connectivity index is 1.08. The number of H-pyrrole nitrogens is 1. The van der Waals surface area contributed by atoms with Crippen LogP contribution in [0.4, 0.5) is 4.39 Å². The lowest BCUT2D eigenvalue weighted by Crippen LogP contribution is -2.62. The van der Waals surface area contributed by atoms with Crippen molar-refractivity contribution in [1.82, 2.24) is 52.4 Å². The number of aromatic nitrogens is 1. The van der Waals surface area contributed by atoms with Crippen LogP contribution in [0.2, 0.25) is 0 Å². The van der Waals surface area contributed by atoms with E-state index in [1.54, 1.807) is 115 Å². The van der Waals surface area contributed by atoms with Crippen LogP contribution in [0.5, 0.6) is 5.75 Å². The van der Waals surface area contributed by atoms with Crippen LogP contribution < -0.4 is 53.0 Å². The highest BCUT2D eigenvalue weighted by Crippen LogP contribution is 2.32. The molecule has 3 aliphatic heterocycles. The third kappa shape index (κ3) is 21.1. The van der Waals surface area contributed by atoms with E-state index in [1.165, 1.54) is 49.7 Å². The molecule has 0 aliphatic carbocycles. The number of carboxylic acid groups (broad SMARTS) is 1. The van der Waals surface area contributed by atoms with Gasteiger partial charge in [-0.25, -0.2) is 9.38 Å². The van der Waals surface area contributed by atoms with Crippen LogP contribution in [-0.4, -0.2) is 179 Å². The SMILES string of the molecule is COc1ccc(C[C@@H]2NC(=O)[C@H](CC3=NC=NC3)NC(=O)[C@H](CC(=O)O)NC(=O)[C@H](Cc3c[nH]c4ccc(F)cc34)NC(=O)[C@H](C(c3ccccc3)c3ccccc3)NC(=O)[C@@H](C)NC(=O)[C@H](CCCCN)NC(=O)CCSCc3cccc(c3)CSCCNC(=O)[C@]3(C)CCCN3C2=O)cc1. The van der Waals surface area contributed by atoms with E-state index >= 15 is 23.6 Å². The molecule has 9 rings (SSSR count). The van der Waals surface area contributed by atoms with Crippen LogP contribution in [0.3, 0.4) is 0 Å². The van der Waals surface area contributed by atoms with Gasteiger partial charge in [-0.2, -0.15) is 23.5 Å². The number of carbonyl (C=O) groups is 10. The fourth-order valence-electron chi connectivity index (χ4n) is 12.7. The Bertz CT molecular complexity index is 3980. The van der Waals surface area contributed by atoms with E-state index in [4.69, 9.17) is 10.5 Å². The Kier molecular flexibility index (Phi) is 27.8. The van der Waals surface area contributed by atoms with Gasteiger partial charge >= 0.3 is 5.97 Å². The summed E-state index contributed by atoms with van der Waals surface area (Å²) in [5.74, 6) is -7.58. The summed E-state index contributed by atoms with van der Waals surface area (Å²) in [4.78, 5) is 159. The number of aliphatic carboxylic acids is 1. The van der Waals surface area contributed by atoms with E-state index < -0.39 is 132 Å². The van der Waals surface area contributed by atoms with Gasteiger partial charge in [-0.05, 0) is 116 Å². The lowest BCUT2D eigenvalue weighted by atomic mass is 9.84. The molecule has 1 fully saturated rings. The number of aromatic amines is 1. The van der Waals surface area contributed by atoms with Crippen molar-refractivity contribution in [2.45, 2.75) is 143 Å². The third-order valence-corrected chi connectivity index (χ3v) is 20.3. The molecule has 4 heterocycles. The zero-order valence-electron chi connectivity index (χ0n) is 57.2. The van der Waals surface area contributed by atoms with E-state index in [1.807, 2.05) is 18.2 Å². The molecule has 5 aromatic carbocycles. The average molecular weight is 1430 g/mol. The maximum atomic E-state index is 15.7. The first-order chi connectivity index (χ1) is 49.2. The van der Waals surface area contributed by atoms with Crippen molar-refractivity contribution >= 4 is 106 Å². The second kappa shape index (κ2) is 37.1. The Labute approximate surface area is 599 Å². The second-order valence-corrected chi connectivity index (χ2v) is 27.9. The van der Waals surface area contributed by atoms with Gasteiger partial charge in [-0.1, -0.05) is 97.1 Å². The van der Waals surface area contributed by atoms with Gasteiger partial charge in [0.05, 0.1) is 20.1 Å². The molecule has 2 bridgehead atoms. The van der Waals surface area contributed by atoms with Crippen LogP contribution >= 0.6 is 23.5 Å². The third-order valence-electron chi connectivity index (χ3n) is 18.2. The number of nitrogens with zero attached hydrogens (tertiary/aromatic N) is 3. The second-order valence-electron chi connectivity index (χ2n) is 25.7. The summed E-state index contributed by atoms with van der Waals surface area (Å²) in [6.07, 6.45) is 2.91. The number of nitrogens with one attached hydrogen (secondary N) is 9. The van der Waals surface area contributed by atoms with Gasteiger partial charge in [0.1, 0.15) is 65.7 Å². The summed E-state index contributed by atoms with van der Waals surface area (Å²) in [5.41, 5.74) is 9.32. The summed E-state index contributed by atoms with van der Waals surface area (Å²) in [6.45, 7) is 3.89. The van der Waals surface area contributed by atoms with Crippen LogP contribution in [0, 0.1) is 5.82 Å². The Hall–Kier alpha value is -9.93. The Morgan fingerprint density at radius 3 is 1.99 bits per heavy atom. The molecule has 0 unspecified atom stereocenters. The molecule has 8 atom stereocenters. The predicted octanol–water partition coefficient (Wildman–Crippen LogP) is 4.89. The van der Waals surface area contributed by atoms with Crippen molar-refractivity contribution < 1.29 is 62.2 Å². The fourth-order valence-corrected chi connectivity index (χ4v) is 14.4. The van der Waals surface area contributed by atoms with Crippen LogP contribution in [0.15, 0.2) is 144 Å². The molecule has 28 heteroatoms. The van der Waals surface area contributed by atoms with E-state index in [0.717, 1.165) is 11.1 Å². The lowest BCUT2D eigenvalue weighted by molar-refractivity contribution is -0.146. The number of hydrogen-bond acceptors (Lipinski definition) is 16. The van der Waals surface area contributed by atoms with Gasteiger partial charge < -0.3 is 68.0 Å². The molecule has 3 aliphatic rings. The molecule has 6 aromatic rings. The number of ether oxygens (including phenoxy) is 1. The minimum absolute atomic E-state index is 0.0224. The topological polar surface area (TPSA) is 366 Å². The average Bonchev–Trinajstić information content (AvgIpc) is 1.48. The molecule has 9 amide bonds. The van der Waals surface area contributed by atoms with Gasteiger partial charge in [0, 0.05) is 90.5 Å². The van der Waals surface area contributed by atoms with Crippen molar-refractivity contribution in [2.75, 3.05) is 44.8 Å². The Morgan fingerprint density at radius 1 is 0.696 bits per heavy atom. The smallest absolute Gasteiger partial charge is 0.305 e. The lowest BCUT2D eigenvalue weighted by Gasteiger charge is -2.36. The van der Waals surface area contributed by atoms with Gasteiger partial charge in [-0.15, -0.1) is 0 Å². The molecule has 0 saturated carbocycles. The summed E-state index contributed by atoms with van der Waals surface area (Å²) in [5, 5.41) is 33.1. The number of hydrogen-bond donors (Lipinski definition) is 11. The number of benzene rings is 5. The number of rotatable bonds is 16. The van der Waals surface area contributed by atoms with Crippen molar-refractivity contribution in [3.05, 3.63) is 173 Å². The molecule has 1 saturated heterocycles. The first-order valence-corrected chi connectivity index (χ1v) is 36.4. The van der Waals surface area contributed by atoms with E-state index in [9.17, 15) is 33.9 Å². The van der Waals surface area contributed by atoms with Crippen molar-refractivity contribution in [3.8, 4) is 5.75 Å². The first-order valence-electron chi connectivity index (χ1n) is 34.1. The van der Waals surface area contributed by atoms with Crippen LogP contribution in [0.25, 0.3) is 10.9 Å². The van der Waals surface area contributed by atoms with E-state index in [0.29, 0.717) is 99.9 Å². The number of fused-ring (bicyclic) bond motifs is 4. The first kappa shape index (κ1) is 76.3. The van der Waals surface area contributed by atoms with Gasteiger partial charge in [0.2, 0.25) is 53.2 Å². The number of amides is 9. The largest absolute Gasteiger partial charge is 0.497 e. The highest BCUT2D eigenvalue weighted by molar-refractivity contribution is 7.98. The van der Waals surface area contributed by atoms with Crippen molar-refractivity contribution in [1.29, 1.82) is 0 Å². The number of carbonyl (C=O) groups excluding carboxylic acids is 9. The van der Waals surface area contributed by atoms with Crippen LogP contribution in [0.1, 0.15) is 105 Å². The minimum Gasteiger partial charge on any atom is -0.497 e. The molecule has 0 spiro atoms. The summed E-state index contributed by atoms with van der Waals surface area (Å²) >= 11 is 3.15. The van der Waals surface area contributed by atoms with Gasteiger partial charge in [0.25, 0.3) is 0 Å². The molecule has 12 N–H and O–H groups in total. The highest BCUT2D eigenvalue weighted by atomic mass is 32.2. The van der Waals surface area contributed by atoms with Crippen molar-refractivity contribution in [2.24, 2.45) is 15.7 Å². The molecular formula is C74H88FN13O12S2. The van der Waals surface area contributed by atoms with Crippen molar-refractivity contribution in [3.63, 3.8) is 0 Å². The highest BCUT2D eigenvalue weighted by Gasteiger charge is 2.48. The molecule has 540 valence electrons. The zero-order chi connectivity index (χ0) is 72.7. The molecule has 102 heavy (non-hydrogen) atoms. The van der Waals surface area contributed by atoms with Gasteiger partial charge in [-0.3, -0.25) is 52.9 Å². The summed E-state index contributed by atoms with van der Waals surface area (Å²) < 4.78 is 20.5. The standard InChI is InChI=1S/C74H88FN13O12S2/c1-45-66(92)87-65(64(49-16-6-4-7-17-49)50-18-8-5-9-19-50)71(97)85-58(36-51-40-79-56-26-23-52(75)37-55(51)56)68(94)84-60(39-63(90)91)70(96)83-59(38-53-41-77-44-80-53)69(95)86-61(35-46-21-24-54(100-3)25-22-46)72(98)88-31-13-28-74(88,2)73(99)78-30-33-102-43-48-15-12-14-47(34-48)42-101-32-27-62(89)82-57(67(93)81-45)20-10-11-29-76/h4-9,12,14-19,21-26,34,37,40,44-45,57-61,64-65,79H,10-11,13,20,27-33,35-36,38-39,41-43,76H2,1-3H3,(H,78,99)(H,81,93)(H,82,89)(H,83,96)(H,84,94)(H,85,97)(H,86,95)(H,87,92)(H,90,91)/t45-,57+,58+,59+,60+,61+,65+,74+/m1/s1. The van der Waals surface area contributed by atoms with E-state index in [2.05, 4.69) is 63.6 Å². The predicted molar refractivity (Wildman–Crippen MR) is 389 cm³/mol. The maximum absolute atomic E-state index is 15.7. The quantitative estimate of drug-likeness (QED) is 0.0575. The summed E-state index contributed by atoms with van der Waals surface area (Å²) in [6, 6.07) is 25.5. The van der Waals surface area contributed by atoms with E-state index in [-0.39, 0.29) is 45.3 Å². The zero-order valence-corrected chi connectivity index (χ0v) is 58.8. The number of aliphatic imine (C=N–C) groups is 2. The number of halogens is 1. The molecule has 25 nitrogen and oxygen atoms in total. The maximum Gasteiger partial charge on any atom is 0.305 e. The number of unbranched alkanes of at least 4 members (excludes halogenated alkanes) is 1. The minimum atomic E-state index is -1.98. The summed E-state index contributed by atoms with van der Waals surface area (Å²) in [7, 11) is 1.50. The number of carboxylic acids is 1.